The molecular weight excluding hydrogens is 753 g/mol. The van der Waals surface area contributed by atoms with Gasteiger partial charge in [0, 0.05) is 51.9 Å². The number of carbonyl (C=O) groups is 4. The van der Waals surface area contributed by atoms with Crippen LogP contribution in [0.5, 0.6) is 0 Å². The van der Waals surface area contributed by atoms with Crippen LogP contribution in [-0.4, -0.2) is 98.1 Å². The molecule has 0 radical (unpaired) electrons. The molecule has 1 heterocycles. The van der Waals surface area contributed by atoms with Gasteiger partial charge in [-0.3, -0.25) is 9.59 Å². The third-order valence-corrected chi connectivity index (χ3v) is 12.1. The normalized spacial score (nSPS) is 15.4. The van der Waals surface area contributed by atoms with Crippen LogP contribution in [0.15, 0.2) is 0 Å². The average Bonchev–Trinajstić information content (AvgIpc) is 3.24. The highest BCUT2D eigenvalue weighted by Gasteiger charge is 2.38. The van der Waals surface area contributed by atoms with Crippen LogP contribution in [0.25, 0.3) is 0 Å². The minimum absolute atomic E-state index is 0.0740. The molecule has 1 aliphatic rings. The SMILES string of the molecule is CCCCCCCCCN(CCCCCCCCC)CCNC(=O)CC[C@H]1OC(=O)[C@@H](CCC(=O)NCCN(CCCCCCCCC)CCCCCCCCC)OC1=O. The maximum atomic E-state index is 12.8. The van der Waals surface area contributed by atoms with E-state index in [1.54, 1.807) is 0 Å². The molecule has 2 atom stereocenters. The van der Waals surface area contributed by atoms with Gasteiger partial charge in [-0.15, -0.1) is 0 Å². The Morgan fingerprint density at radius 3 is 0.917 bits per heavy atom. The quantitative estimate of drug-likeness (QED) is 0.0460. The lowest BCUT2D eigenvalue weighted by Gasteiger charge is -2.27. The molecule has 352 valence electrons. The summed E-state index contributed by atoms with van der Waals surface area (Å²) >= 11 is 0. The van der Waals surface area contributed by atoms with Gasteiger partial charge in [-0.25, -0.2) is 9.59 Å². The van der Waals surface area contributed by atoms with Crippen molar-refractivity contribution in [2.24, 2.45) is 0 Å². The highest BCUT2D eigenvalue weighted by molar-refractivity contribution is 5.88. The Kier molecular flexibility index (Phi) is 38.0. The van der Waals surface area contributed by atoms with Crippen molar-refractivity contribution in [3.8, 4) is 0 Å². The molecule has 1 aliphatic heterocycles. The number of carbonyl (C=O) groups excluding carboxylic acids is 4. The van der Waals surface area contributed by atoms with Crippen LogP contribution in [-0.2, 0) is 28.7 Å². The molecule has 60 heavy (non-hydrogen) atoms. The first-order chi connectivity index (χ1) is 29.3. The van der Waals surface area contributed by atoms with E-state index in [2.05, 4.69) is 48.1 Å². The van der Waals surface area contributed by atoms with Crippen molar-refractivity contribution in [3.63, 3.8) is 0 Å². The first-order valence-corrected chi connectivity index (χ1v) is 25.7. The number of amides is 2. The van der Waals surface area contributed by atoms with Gasteiger partial charge < -0.3 is 29.9 Å². The highest BCUT2D eigenvalue weighted by atomic mass is 16.6. The molecule has 1 saturated heterocycles. The zero-order valence-electron chi connectivity index (χ0n) is 39.8. The van der Waals surface area contributed by atoms with Crippen molar-refractivity contribution >= 4 is 23.8 Å². The van der Waals surface area contributed by atoms with E-state index >= 15 is 0 Å². The summed E-state index contributed by atoms with van der Waals surface area (Å²) < 4.78 is 10.9. The Hall–Kier alpha value is -2.20. The lowest BCUT2D eigenvalue weighted by Crippen LogP contribution is -2.45. The predicted octanol–water partition coefficient (Wildman–Crippen LogP) is 11.2. The van der Waals surface area contributed by atoms with Crippen molar-refractivity contribution < 1.29 is 28.7 Å². The number of hydrogen-bond donors (Lipinski definition) is 2. The van der Waals surface area contributed by atoms with Gasteiger partial charge in [0.15, 0.2) is 12.2 Å². The van der Waals surface area contributed by atoms with E-state index in [9.17, 15) is 19.2 Å². The smallest absolute Gasteiger partial charge is 0.348 e. The first kappa shape index (κ1) is 55.8. The van der Waals surface area contributed by atoms with Crippen LogP contribution in [0.4, 0.5) is 0 Å². The van der Waals surface area contributed by atoms with Crippen molar-refractivity contribution in [2.45, 2.75) is 245 Å². The van der Waals surface area contributed by atoms with Gasteiger partial charge in [-0.05, 0) is 51.9 Å². The van der Waals surface area contributed by atoms with E-state index in [4.69, 9.17) is 9.47 Å². The Labute approximate surface area is 369 Å². The summed E-state index contributed by atoms with van der Waals surface area (Å²) in [6, 6.07) is 0. The van der Waals surface area contributed by atoms with E-state index in [1.165, 1.54) is 180 Å². The zero-order chi connectivity index (χ0) is 43.7. The van der Waals surface area contributed by atoms with E-state index in [0.717, 1.165) is 39.3 Å². The molecule has 10 nitrogen and oxygen atoms in total. The molecule has 1 fully saturated rings. The van der Waals surface area contributed by atoms with Gasteiger partial charge in [0.2, 0.25) is 11.8 Å². The van der Waals surface area contributed by atoms with E-state index in [1.807, 2.05) is 0 Å². The van der Waals surface area contributed by atoms with Gasteiger partial charge in [0.1, 0.15) is 0 Å². The van der Waals surface area contributed by atoms with E-state index in [0.29, 0.717) is 13.1 Å². The number of nitrogens with one attached hydrogen (secondary N) is 2. The number of rotatable bonds is 44. The Balaban J connectivity index is 2.39. The zero-order valence-corrected chi connectivity index (χ0v) is 39.8. The van der Waals surface area contributed by atoms with Gasteiger partial charge in [-0.1, -0.05) is 182 Å². The second-order valence-electron chi connectivity index (χ2n) is 17.8. The second kappa shape index (κ2) is 40.8. The lowest BCUT2D eigenvalue weighted by molar-refractivity contribution is -0.196. The Morgan fingerprint density at radius 2 is 0.650 bits per heavy atom. The van der Waals surface area contributed by atoms with Crippen LogP contribution in [0.2, 0.25) is 0 Å². The number of cyclic esters (lactones) is 2. The summed E-state index contributed by atoms with van der Waals surface area (Å²) in [4.78, 5) is 56.0. The van der Waals surface area contributed by atoms with Crippen molar-refractivity contribution in [1.82, 2.24) is 20.4 Å². The molecule has 2 amide bonds. The van der Waals surface area contributed by atoms with Crippen LogP contribution in [0.1, 0.15) is 233 Å². The number of ether oxygens (including phenoxy) is 2. The number of esters is 2. The third-order valence-electron chi connectivity index (χ3n) is 12.1. The Bertz CT molecular complexity index is 928. The highest BCUT2D eigenvalue weighted by Crippen LogP contribution is 2.19. The first-order valence-electron chi connectivity index (χ1n) is 25.7. The third kappa shape index (κ3) is 32.5. The summed E-state index contributed by atoms with van der Waals surface area (Å²) in [5.41, 5.74) is 0. The molecule has 2 N–H and O–H groups in total. The van der Waals surface area contributed by atoms with Gasteiger partial charge in [0.25, 0.3) is 0 Å². The fourth-order valence-electron chi connectivity index (χ4n) is 8.13. The maximum absolute atomic E-state index is 12.8. The summed E-state index contributed by atoms with van der Waals surface area (Å²) in [6.07, 6.45) is 34.1. The lowest BCUT2D eigenvalue weighted by atomic mass is 10.1. The van der Waals surface area contributed by atoms with Crippen molar-refractivity contribution in [2.75, 3.05) is 52.4 Å². The maximum Gasteiger partial charge on any atom is 0.348 e. The fraction of sp³-hybridized carbons (Fsp3) is 0.920. The predicted molar refractivity (Wildman–Crippen MR) is 249 cm³/mol. The molecule has 0 saturated carbocycles. The summed E-state index contributed by atoms with van der Waals surface area (Å²) in [5.74, 6) is -1.61. The standard InChI is InChI=1S/C50H96N4O6/c1-5-9-13-17-21-25-29-39-53(40-30-26-22-18-14-10-6-2)43-37-51-47(55)35-33-45-49(57)60-46(50(58)59-45)34-36-48(56)52-38-44-54(41-31-27-23-19-15-11-7-3)42-32-28-24-20-16-12-8-4/h45-46H,5-44H2,1-4H3,(H,51,55)(H,52,56)/t45-,46-/m1/s1. The van der Waals surface area contributed by atoms with Gasteiger partial charge >= 0.3 is 11.9 Å². The van der Waals surface area contributed by atoms with Crippen molar-refractivity contribution in [3.05, 3.63) is 0 Å². The second-order valence-corrected chi connectivity index (χ2v) is 17.8. The minimum Gasteiger partial charge on any atom is -0.448 e. The van der Waals surface area contributed by atoms with Gasteiger partial charge in [0.05, 0.1) is 0 Å². The minimum atomic E-state index is -1.10. The topological polar surface area (TPSA) is 117 Å². The molecule has 0 aromatic rings. The summed E-state index contributed by atoms with van der Waals surface area (Å²) in [5, 5.41) is 6.03. The summed E-state index contributed by atoms with van der Waals surface area (Å²) in [6.45, 7) is 16.0. The molecule has 0 unspecified atom stereocenters. The summed E-state index contributed by atoms with van der Waals surface area (Å²) in [7, 11) is 0. The molecule has 10 heteroatoms. The largest absolute Gasteiger partial charge is 0.448 e. The average molecular weight is 849 g/mol. The van der Waals surface area contributed by atoms with Crippen LogP contribution in [0, 0.1) is 0 Å². The van der Waals surface area contributed by atoms with E-state index in [-0.39, 0.29) is 37.5 Å². The molecule has 1 rings (SSSR count). The molecule has 0 bridgehead atoms. The van der Waals surface area contributed by atoms with Crippen molar-refractivity contribution in [1.29, 1.82) is 0 Å². The van der Waals surface area contributed by atoms with Crippen LogP contribution < -0.4 is 10.6 Å². The molecule has 0 aromatic carbocycles. The molecule has 0 spiro atoms. The number of unbranched alkanes of at least 4 members (excludes halogenated alkanes) is 24. The fourth-order valence-corrected chi connectivity index (χ4v) is 8.13. The van der Waals surface area contributed by atoms with Crippen LogP contribution >= 0.6 is 0 Å². The van der Waals surface area contributed by atoms with Gasteiger partial charge in [-0.2, -0.15) is 0 Å². The molecule has 0 aromatic heterocycles. The molecule has 0 aliphatic carbocycles. The van der Waals surface area contributed by atoms with E-state index < -0.39 is 24.1 Å². The monoisotopic (exact) mass is 849 g/mol. The number of hydrogen-bond acceptors (Lipinski definition) is 8. The number of nitrogens with zero attached hydrogens (tertiary/aromatic N) is 2. The van der Waals surface area contributed by atoms with Crippen LogP contribution in [0.3, 0.4) is 0 Å². The molecular formula is C50H96N4O6. The Morgan fingerprint density at radius 1 is 0.400 bits per heavy atom.